The fraction of sp³-hybridized carbons (Fsp3) is 0.611. The maximum absolute atomic E-state index is 12.3. The zero-order chi connectivity index (χ0) is 18.3. The maximum Gasteiger partial charge on any atom is 0.390 e. The minimum atomic E-state index is -4.16. The van der Waals surface area contributed by atoms with Gasteiger partial charge in [-0.3, -0.25) is 9.89 Å². The molecule has 1 saturated heterocycles. The van der Waals surface area contributed by atoms with Crippen molar-refractivity contribution in [3.8, 4) is 0 Å². The number of likely N-dealkylation sites (tertiary alicyclic amines) is 1. The monoisotopic (exact) mass is 356 g/mol. The number of guanidine groups is 1. The molecule has 1 fully saturated rings. The molecule has 2 rings (SSSR count). The summed E-state index contributed by atoms with van der Waals surface area (Å²) in [6.45, 7) is 4.57. The quantitative estimate of drug-likeness (QED) is 0.607. The molecule has 0 saturated carbocycles. The number of benzene rings is 1. The van der Waals surface area contributed by atoms with Crippen LogP contribution in [0.5, 0.6) is 0 Å². The van der Waals surface area contributed by atoms with Crippen molar-refractivity contribution in [2.45, 2.75) is 38.4 Å². The lowest BCUT2D eigenvalue weighted by Gasteiger charge is -2.29. The van der Waals surface area contributed by atoms with Crippen molar-refractivity contribution < 1.29 is 13.2 Å². The van der Waals surface area contributed by atoms with Gasteiger partial charge in [-0.25, -0.2) is 0 Å². The standard InChI is InChI=1S/C18H27F3N4/c1-14-5-7-15(8-6-14)16(25-11-3-4-12-25)13-24-17(22-2)23-10-9-18(19,20)21/h5-8,16H,3-4,9-13H2,1-2H3,(H2,22,23,24). The summed E-state index contributed by atoms with van der Waals surface area (Å²) in [6.07, 6.45) is -2.67. The van der Waals surface area contributed by atoms with Gasteiger partial charge in [0.1, 0.15) is 0 Å². The average molecular weight is 356 g/mol. The van der Waals surface area contributed by atoms with Gasteiger partial charge >= 0.3 is 6.18 Å². The van der Waals surface area contributed by atoms with E-state index in [2.05, 4.69) is 51.7 Å². The van der Waals surface area contributed by atoms with Gasteiger partial charge in [0.2, 0.25) is 0 Å². The van der Waals surface area contributed by atoms with Crippen LogP contribution in [0.25, 0.3) is 0 Å². The zero-order valence-electron chi connectivity index (χ0n) is 14.9. The van der Waals surface area contributed by atoms with E-state index in [1.54, 1.807) is 7.05 Å². The first-order valence-electron chi connectivity index (χ1n) is 8.71. The Hall–Kier alpha value is -1.76. The summed E-state index contributed by atoms with van der Waals surface area (Å²) in [5.74, 6) is 0.403. The third-order valence-electron chi connectivity index (χ3n) is 4.43. The molecule has 0 bridgehead atoms. The molecule has 1 atom stereocenters. The molecule has 2 N–H and O–H groups in total. The Bertz CT molecular complexity index is 548. The van der Waals surface area contributed by atoms with Gasteiger partial charge in [-0.15, -0.1) is 0 Å². The first kappa shape index (κ1) is 19.6. The van der Waals surface area contributed by atoms with Crippen LogP contribution in [0.4, 0.5) is 13.2 Å². The van der Waals surface area contributed by atoms with Crippen LogP contribution in [0, 0.1) is 6.92 Å². The van der Waals surface area contributed by atoms with E-state index in [0.717, 1.165) is 13.1 Å². The first-order chi connectivity index (χ1) is 11.9. The van der Waals surface area contributed by atoms with E-state index in [1.165, 1.54) is 24.0 Å². The minimum absolute atomic E-state index is 0.178. The molecule has 0 aliphatic carbocycles. The largest absolute Gasteiger partial charge is 0.390 e. The van der Waals surface area contributed by atoms with Gasteiger partial charge in [-0.05, 0) is 38.4 Å². The van der Waals surface area contributed by atoms with E-state index >= 15 is 0 Å². The van der Waals surface area contributed by atoms with E-state index in [9.17, 15) is 13.2 Å². The van der Waals surface area contributed by atoms with E-state index in [0.29, 0.717) is 12.5 Å². The molecule has 0 amide bonds. The lowest BCUT2D eigenvalue weighted by Crippen LogP contribution is -2.43. The van der Waals surface area contributed by atoms with Crippen molar-refractivity contribution in [2.75, 3.05) is 33.2 Å². The highest BCUT2D eigenvalue weighted by molar-refractivity contribution is 5.79. The predicted molar refractivity (Wildman–Crippen MR) is 94.8 cm³/mol. The van der Waals surface area contributed by atoms with Crippen molar-refractivity contribution in [1.29, 1.82) is 0 Å². The molecule has 1 aliphatic heterocycles. The molecule has 1 aromatic rings. The molecule has 7 heteroatoms. The number of alkyl halides is 3. The van der Waals surface area contributed by atoms with Crippen molar-refractivity contribution in [3.05, 3.63) is 35.4 Å². The Kier molecular flexibility index (Phi) is 7.11. The predicted octanol–water partition coefficient (Wildman–Crippen LogP) is 3.25. The van der Waals surface area contributed by atoms with Crippen LogP contribution in [-0.2, 0) is 0 Å². The number of hydrogen-bond donors (Lipinski definition) is 2. The molecular weight excluding hydrogens is 329 g/mol. The average Bonchev–Trinajstić information content (AvgIpc) is 3.08. The summed E-state index contributed by atoms with van der Waals surface area (Å²) >= 11 is 0. The van der Waals surface area contributed by atoms with Gasteiger partial charge in [-0.2, -0.15) is 13.2 Å². The Labute approximate surface area is 147 Å². The highest BCUT2D eigenvalue weighted by Gasteiger charge is 2.27. The summed E-state index contributed by atoms with van der Waals surface area (Å²) in [4.78, 5) is 6.44. The molecule has 4 nitrogen and oxygen atoms in total. The lowest BCUT2D eigenvalue weighted by atomic mass is 10.0. The SMILES string of the molecule is CN=C(NCCC(F)(F)F)NCC(c1ccc(C)cc1)N1CCCC1. The summed E-state index contributed by atoms with van der Waals surface area (Å²) in [5, 5.41) is 5.91. The summed E-state index contributed by atoms with van der Waals surface area (Å²) in [7, 11) is 1.57. The molecule has 140 valence electrons. The van der Waals surface area contributed by atoms with Crippen LogP contribution in [0.15, 0.2) is 29.3 Å². The van der Waals surface area contributed by atoms with Crippen LogP contribution < -0.4 is 10.6 Å². The first-order valence-corrected chi connectivity index (χ1v) is 8.71. The molecule has 1 aliphatic rings. The number of hydrogen-bond acceptors (Lipinski definition) is 2. The number of rotatable bonds is 6. The summed E-state index contributed by atoms with van der Waals surface area (Å²) in [5.41, 5.74) is 2.42. The van der Waals surface area contributed by atoms with Gasteiger partial charge < -0.3 is 10.6 Å². The third-order valence-corrected chi connectivity index (χ3v) is 4.43. The molecule has 0 radical (unpaired) electrons. The highest BCUT2D eigenvalue weighted by atomic mass is 19.4. The molecule has 1 aromatic carbocycles. The van der Waals surface area contributed by atoms with E-state index in [4.69, 9.17) is 0 Å². The zero-order valence-corrected chi connectivity index (χ0v) is 14.9. The lowest BCUT2D eigenvalue weighted by molar-refractivity contribution is -0.132. The van der Waals surface area contributed by atoms with E-state index in [-0.39, 0.29) is 12.6 Å². The van der Waals surface area contributed by atoms with Gasteiger partial charge in [0.15, 0.2) is 5.96 Å². The number of aryl methyl sites for hydroxylation is 1. The number of nitrogens with zero attached hydrogens (tertiary/aromatic N) is 2. The van der Waals surface area contributed by atoms with Gasteiger partial charge in [0.05, 0.1) is 12.5 Å². The van der Waals surface area contributed by atoms with Crippen molar-refractivity contribution in [2.24, 2.45) is 4.99 Å². The normalized spacial score (nSPS) is 17.6. The second kappa shape index (κ2) is 9.08. The second-order valence-electron chi connectivity index (χ2n) is 6.41. The molecule has 1 heterocycles. The van der Waals surface area contributed by atoms with Gasteiger partial charge in [0.25, 0.3) is 0 Å². The molecule has 0 spiro atoms. The second-order valence-corrected chi connectivity index (χ2v) is 6.41. The molecular formula is C18H27F3N4. The van der Waals surface area contributed by atoms with Crippen LogP contribution in [0.3, 0.4) is 0 Å². The Balaban J connectivity index is 1.95. The topological polar surface area (TPSA) is 39.7 Å². The molecule has 25 heavy (non-hydrogen) atoms. The maximum atomic E-state index is 12.3. The molecule has 0 aromatic heterocycles. The fourth-order valence-corrected chi connectivity index (χ4v) is 3.04. The third kappa shape index (κ3) is 6.57. The smallest absolute Gasteiger partial charge is 0.356 e. The highest BCUT2D eigenvalue weighted by Crippen LogP contribution is 2.25. The van der Waals surface area contributed by atoms with Crippen LogP contribution in [-0.4, -0.2) is 50.3 Å². The summed E-state index contributed by atoms with van der Waals surface area (Å²) in [6, 6.07) is 8.62. The van der Waals surface area contributed by atoms with Crippen LogP contribution in [0.1, 0.15) is 36.4 Å². The number of halogens is 3. The van der Waals surface area contributed by atoms with Gasteiger partial charge in [-0.1, -0.05) is 29.8 Å². The fourth-order valence-electron chi connectivity index (χ4n) is 3.04. The Morgan fingerprint density at radius 3 is 2.36 bits per heavy atom. The van der Waals surface area contributed by atoms with Crippen molar-refractivity contribution in [1.82, 2.24) is 15.5 Å². The van der Waals surface area contributed by atoms with Crippen molar-refractivity contribution in [3.63, 3.8) is 0 Å². The summed E-state index contributed by atoms with van der Waals surface area (Å²) < 4.78 is 36.8. The van der Waals surface area contributed by atoms with Crippen molar-refractivity contribution >= 4 is 5.96 Å². The van der Waals surface area contributed by atoms with Crippen LogP contribution in [0.2, 0.25) is 0 Å². The van der Waals surface area contributed by atoms with Gasteiger partial charge in [0, 0.05) is 20.1 Å². The Morgan fingerprint density at radius 1 is 1.16 bits per heavy atom. The number of aliphatic imine (C=N–C) groups is 1. The van der Waals surface area contributed by atoms with Crippen LogP contribution >= 0.6 is 0 Å². The number of nitrogens with one attached hydrogen (secondary N) is 2. The van der Waals surface area contributed by atoms with E-state index < -0.39 is 12.6 Å². The van der Waals surface area contributed by atoms with E-state index in [1.807, 2.05) is 0 Å². The Morgan fingerprint density at radius 2 is 1.80 bits per heavy atom. The minimum Gasteiger partial charge on any atom is -0.356 e. The molecule has 1 unspecified atom stereocenters.